The summed E-state index contributed by atoms with van der Waals surface area (Å²) in [5.41, 5.74) is 0. The smallest absolute Gasteiger partial charge is 0.260 e. The van der Waals surface area contributed by atoms with Crippen LogP contribution in [0.2, 0.25) is 5.02 Å². The van der Waals surface area contributed by atoms with Gasteiger partial charge in [0.05, 0.1) is 5.02 Å². The van der Waals surface area contributed by atoms with Gasteiger partial charge in [0.25, 0.3) is 5.91 Å². The number of halogens is 2. The molecule has 1 amide bonds. The van der Waals surface area contributed by atoms with Gasteiger partial charge in [0, 0.05) is 26.2 Å². The molecule has 6 heteroatoms. The molecule has 1 aromatic rings. The molecule has 0 unspecified atom stereocenters. The molecule has 1 aliphatic heterocycles. The summed E-state index contributed by atoms with van der Waals surface area (Å²) in [4.78, 5) is 13.5. The standard InChI is InChI=1S/C12H14ClFN2O2/c13-9-2-1-3-10(14)12(9)18-8-11(17)16-6-4-15-5-7-16/h1-3,15H,4-8H2. The lowest BCUT2D eigenvalue weighted by Gasteiger charge is -2.27. The van der Waals surface area contributed by atoms with Crippen molar-refractivity contribution in [1.82, 2.24) is 10.2 Å². The zero-order chi connectivity index (χ0) is 13.0. The van der Waals surface area contributed by atoms with Crippen LogP contribution < -0.4 is 10.1 Å². The summed E-state index contributed by atoms with van der Waals surface area (Å²) in [5.74, 6) is -0.783. The fraction of sp³-hybridized carbons (Fsp3) is 0.417. The number of ether oxygens (including phenoxy) is 1. The first kappa shape index (κ1) is 13.1. The third-order valence-electron chi connectivity index (χ3n) is 2.73. The molecule has 98 valence electrons. The number of nitrogens with one attached hydrogen (secondary N) is 1. The maximum atomic E-state index is 13.4. The minimum Gasteiger partial charge on any atom is -0.479 e. The van der Waals surface area contributed by atoms with Crippen LogP contribution >= 0.6 is 11.6 Å². The molecule has 0 spiro atoms. The second-order valence-electron chi connectivity index (χ2n) is 3.97. The first-order chi connectivity index (χ1) is 8.68. The monoisotopic (exact) mass is 272 g/mol. The Morgan fingerprint density at radius 2 is 2.17 bits per heavy atom. The number of rotatable bonds is 3. The van der Waals surface area contributed by atoms with Crippen LogP contribution in [0.1, 0.15) is 0 Å². The highest BCUT2D eigenvalue weighted by molar-refractivity contribution is 6.32. The number of para-hydroxylation sites is 1. The van der Waals surface area contributed by atoms with Gasteiger partial charge in [-0.05, 0) is 12.1 Å². The van der Waals surface area contributed by atoms with Crippen molar-refractivity contribution in [2.75, 3.05) is 32.8 Å². The number of hydrogen-bond donors (Lipinski definition) is 1. The molecule has 0 radical (unpaired) electrons. The molecule has 2 rings (SSSR count). The Bertz CT molecular complexity index is 416. The Hall–Kier alpha value is -1.33. The molecule has 0 bridgehead atoms. The normalized spacial score (nSPS) is 15.6. The highest BCUT2D eigenvalue weighted by atomic mass is 35.5. The lowest BCUT2D eigenvalue weighted by atomic mass is 10.3. The van der Waals surface area contributed by atoms with Gasteiger partial charge < -0.3 is 15.0 Å². The SMILES string of the molecule is O=C(COc1c(F)cccc1Cl)N1CCNCC1. The Labute approximate surface area is 110 Å². The van der Waals surface area contributed by atoms with Crippen LogP contribution in [-0.2, 0) is 4.79 Å². The number of hydrogen-bond acceptors (Lipinski definition) is 3. The van der Waals surface area contributed by atoms with Gasteiger partial charge in [-0.1, -0.05) is 17.7 Å². The predicted molar refractivity (Wildman–Crippen MR) is 66.4 cm³/mol. The number of carbonyl (C=O) groups excluding carboxylic acids is 1. The Morgan fingerprint density at radius 1 is 1.44 bits per heavy atom. The molecule has 18 heavy (non-hydrogen) atoms. The maximum Gasteiger partial charge on any atom is 0.260 e. The van der Waals surface area contributed by atoms with Gasteiger partial charge in [0.15, 0.2) is 18.2 Å². The maximum absolute atomic E-state index is 13.4. The van der Waals surface area contributed by atoms with Gasteiger partial charge in [0.1, 0.15) is 0 Å². The second kappa shape index (κ2) is 6.02. The summed E-state index contributed by atoms with van der Waals surface area (Å²) in [6, 6.07) is 4.26. The first-order valence-corrected chi connectivity index (χ1v) is 6.11. The van der Waals surface area contributed by atoms with Gasteiger partial charge in [-0.2, -0.15) is 0 Å². The summed E-state index contributed by atoms with van der Waals surface area (Å²) >= 11 is 5.80. The van der Waals surface area contributed by atoms with Crippen LogP contribution in [0.3, 0.4) is 0 Å². The minimum atomic E-state index is -0.560. The average molecular weight is 273 g/mol. The summed E-state index contributed by atoms with van der Waals surface area (Å²) < 4.78 is 18.6. The molecular formula is C12H14ClFN2O2. The van der Waals surface area contributed by atoms with Crippen molar-refractivity contribution in [3.05, 3.63) is 29.0 Å². The van der Waals surface area contributed by atoms with Crippen molar-refractivity contribution < 1.29 is 13.9 Å². The number of carbonyl (C=O) groups is 1. The van der Waals surface area contributed by atoms with Crippen LogP contribution in [0.15, 0.2) is 18.2 Å². The number of amides is 1. The summed E-state index contributed by atoms with van der Waals surface area (Å²) in [6.45, 7) is 2.64. The van der Waals surface area contributed by atoms with Gasteiger partial charge in [0.2, 0.25) is 0 Å². The second-order valence-corrected chi connectivity index (χ2v) is 4.38. The molecule has 0 aliphatic carbocycles. The lowest BCUT2D eigenvalue weighted by molar-refractivity contribution is -0.133. The molecule has 1 saturated heterocycles. The topological polar surface area (TPSA) is 41.6 Å². The molecule has 4 nitrogen and oxygen atoms in total. The Morgan fingerprint density at radius 3 is 2.83 bits per heavy atom. The number of piperazine rings is 1. The molecule has 1 fully saturated rings. The van der Waals surface area contributed by atoms with E-state index < -0.39 is 5.82 Å². The zero-order valence-electron chi connectivity index (χ0n) is 9.79. The molecule has 0 saturated carbocycles. The molecule has 0 atom stereocenters. The van der Waals surface area contributed by atoms with Crippen molar-refractivity contribution in [3.8, 4) is 5.75 Å². The highest BCUT2D eigenvalue weighted by Crippen LogP contribution is 2.27. The predicted octanol–water partition coefficient (Wildman–Crippen LogP) is 1.29. The highest BCUT2D eigenvalue weighted by Gasteiger charge is 2.18. The first-order valence-electron chi connectivity index (χ1n) is 5.74. The minimum absolute atomic E-state index is 0.0670. The van der Waals surface area contributed by atoms with Crippen LogP contribution in [-0.4, -0.2) is 43.6 Å². The van der Waals surface area contributed by atoms with E-state index in [0.29, 0.717) is 13.1 Å². The fourth-order valence-electron chi connectivity index (χ4n) is 1.76. The third kappa shape index (κ3) is 3.11. The Kier molecular flexibility index (Phi) is 4.38. The zero-order valence-corrected chi connectivity index (χ0v) is 10.5. The van der Waals surface area contributed by atoms with Crippen LogP contribution in [0.25, 0.3) is 0 Å². The molecule has 0 aromatic heterocycles. The van der Waals surface area contributed by atoms with Crippen LogP contribution in [0.4, 0.5) is 4.39 Å². The van der Waals surface area contributed by atoms with Crippen LogP contribution in [0.5, 0.6) is 5.75 Å². The van der Waals surface area contributed by atoms with E-state index in [9.17, 15) is 9.18 Å². The van der Waals surface area contributed by atoms with Gasteiger partial charge in [-0.15, -0.1) is 0 Å². The third-order valence-corrected chi connectivity index (χ3v) is 3.03. The fourth-order valence-corrected chi connectivity index (χ4v) is 1.98. The van der Waals surface area contributed by atoms with E-state index >= 15 is 0 Å². The van der Waals surface area contributed by atoms with E-state index in [4.69, 9.17) is 16.3 Å². The molecule has 1 aliphatic rings. The van der Waals surface area contributed by atoms with Crippen molar-refractivity contribution in [3.63, 3.8) is 0 Å². The van der Waals surface area contributed by atoms with E-state index in [2.05, 4.69) is 5.32 Å². The van der Waals surface area contributed by atoms with E-state index in [-0.39, 0.29) is 23.3 Å². The van der Waals surface area contributed by atoms with E-state index in [0.717, 1.165) is 13.1 Å². The molecule has 1 heterocycles. The van der Waals surface area contributed by atoms with Crippen molar-refractivity contribution >= 4 is 17.5 Å². The van der Waals surface area contributed by atoms with E-state index in [1.54, 1.807) is 4.90 Å². The van der Waals surface area contributed by atoms with Gasteiger partial charge in [-0.3, -0.25) is 4.79 Å². The summed E-state index contributed by atoms with van der Waals surface area (Å²) in [6.07, 6.45) is 0. The largest absolute Gasteiger partial charge is 0.479 e. The molecule has 1 aromatic carbocycles. The van der Waals surface area contributed by atoms with Crippen molar-refractivity contribution in [1.29, 1.82) is 0 Å². The van der Waals surface area contributed by atoms with Crippen LogP contribution in [0, 0.1) is 5.82 Å². The summed E-state index contributed by atoms with van der Waals surface area (Å²) in [5, 5.41) is 3.32. The van der Waals surface area contributed by atoms with Gasteiger partial charge in [-0.25, -0.2) is 4.39 Å². The van der Waals surface area contributed by atoms with Crippen molar-refractivity contribution in [2.24, 2.45) is 0 Å². The van der Waals surface area contributed by atoms with E-state index in [1.807, 2.05) is 0 Å². The van der Waals surface area contributed by atoms with E-state index in [1.165, 1.54) is 18.2 Å². The number of nitrogens with zero attached hydrogens (tertiary/aromatic N) is 1. The average Bonchev–Trinajstić information content (AvgIpc) is 2.39. The quantitative estimate of drug-likeness (QED) is 0.902. The number of benzene rings is 1. The van der Waals surface area contributed by atoms with Crippen molar-refractivity contribution in [2.45, 2.75) is 0 Å². The molecular weight excluding hydrogens is 259 g/mol. The molecule has 1 N–H and O–H groups in total. The lowest BCUT2D eigenvalue weighted by Crippen LogP contribution is -2.47. The summed E-state index contributed by atoms with van der Waals surface area (Å²) in [7, 11) is 0. The van der Waals surface area contributed by atoms with Gasteiger partial charge >= 0.3 is 0 Å². The Balaban J connectivity index is 1.92.